The predicted octanol–water partition coefficient (Wildman–Crippen LogP) is 4.07. The average molecular weight is 338 g/mol. The first-order chi connectivity index (χ1) is 11.9. The number of rotatable bonds is 8. The number of aliphatic hydroxyl groups excluding tert-OH is 1. The predicted molar refractivity (Wildman–Crippen MR) is 100 cm³/mol. The molecular formula is C20H22N2OS. The van der Waals surface area contributed by atoms with Gasteiger partial charge in [0.05, 0.1) is 5.69 Å². The maximum atomic E-state index is 9.31. The fourth-order valence-electron chi connectivity index (χ4n) is 2.74. The van der Waals surface area contributed by atoms with Crippen molar-refractivity contribution in [3.63, 3.8) is 0 Å². The topological polar surface area (TPSA) is 45.1 Å². The van der Waals surface area contributed by atoms with Crippen molar-refractivity contribution in [3.8, 4) is 10.6 Å². The van der Waals surface area contributed by atoms with E-state index in [0.29, 0.717) is 5.92 Å². The van der Waals surface area contributed by atoms with Crippen LogP contribution in [0.25, 0.3) is 10.6 Å². The van der Waals surface area contributed by atoms with Crippen molar-refractivity contribution in [1.82, 2.24) is 10.3 Å². The van der Waals surface area contributed by atoms with Gasteiger partial charge in [-0.1, -0.05) is 60.7 Å². The zero-order valence-corrected chi connectivity index (χ0v) is 14.4. The number of nitrogens with zero attached hydrogens (tertiary/aromatic N) is 1. The van der Waals surface area contributed by atoms with Crippen molar-refractivity contribution in [2.24, 2.45) is 0 Å². The summed E-state index contributed by atoms with van der Waals surface area (Å²) in [6.45, 7) is 1.79. The maximum Gasteiger partial charge on any atom is 0.123 e. The van der Waals surface area contributed by atoms with E-state index >= 15 is 0 Å². The number of hydrogen-bond acceptors (Lipinski definition) is 4. The Labute approximate surface area is 147 Å². The van der Waals surface area contributed by atoms with Gasteiger partial charge in [0.2, 0.25) is 0 Å². The van der Waals surface area contributed by atoms with Gasteiger partial charge in [0.1, 0.15) is 5.01 Å². The van der Waals surface area contributed by atoms with Crippen LogP contribution in [0.15, 0.2) is 66.0 Å². The summed E-state index contributed by atoms with van der Waals surface area (Å²) in [5.74, 6) is 0.323. The normalized spacial score (nSPS) is 12.2. The molecule has 4 heteroatoms. The Morgan fingerprint density at radius 1 is 1.00 bits per heavy atom. The number of hydrogen-bond donors (Lipinski definition) is 2. The molecule has 2 aromatic carbocycles. The summed E-state index contributed by atoms with van der Waals surface area (Å²) in [7, 11) is 0. The van der Waals surface area contributed by atoms with Gasteiger partial charge in [-0.3, -0.25) is 0 Å². The Hall–Kier alpha value is -2.01. The van der Waals surface area contributed by atoms with Crippen LogP contribution in [0.4, 0.5) is 0 Å². The zero-order valence-electron chi connectivity index (χ0n) is 13.6. The molecule has 1 unspecified atom stereocenters. The van der Waals surface area contributed by atoms with Crippen LogP contribution in [-0.2, 0) is 6.54 Å². The van der Waals surface area contributed by atoms with Gasteiger partial charge < -0.3 is 10.4 Å². The third kappa shape index (κ3) is 4.51. The first-order valence-electron chi connectivity index (χ1n) is 8.23. The van der Waals surface area contributed by atoms with Crippen molar-refractivity contribution in [2.45, 2.75) is 18.9 Å². The lowest BCUT2D eigenvalue weighted by Gasteiger charge is -2.16. The van der Waals surface area contributed by atoms with Crippen molar-refractivity contribution < 1.29 is 5.11 Å². The number of nitrogens with one attached hydrogen (secondary N) is 1. The van der Waals surface area contributed by atoms with Gasteiger partial charge in [0.15, 0.2) is 0 Å². The highest BCUT2D eigenvalue weighted by atomic mass is 32.1. The second-order valence-corrected chi connectivity index (χ2v) is 6.62. The van der Waals surface area contributed by atoms with Crippen LogP contribution in [0.3, 0.4) is 0 Å². The highest BCUT2D eigenvalue weighted by Gasteiger charge is 2.11. The number of benzene rings is 2. The monoisotopic (exact) mass is 338 g/mol. The number of aliphatic hydroxyl groups is 1. The van der Waals surface area contributed by atoms with Gasteiger partial charge in [-0.25, -0.2) is 4.98 Å². The van der Waals surface area contributed by atoms with Crippen LogP contribution in [0.2, 0.25) is 0 Å². The second kappa shape index (κ2) is 8.73. The van der Waals surface area contributed by atoms with Crippen molar-refractivity contribution in [1.29, 1.82) is 0 Å². The zero-order chi connectivity index (χ0) is 16.6. The summed E-state index contributed by atoms with van der Waals surface area (Å²) in [5, 5.41) is 16.0. The molecule has 0 spiro atoms. The molecule has 24 heavy (non-hydrogen) atoms. The summed E-state index contributed by atoms with van der Waals surface area (Å²) >= 11 is 1.68. The largest absolute Gasteiger partial charge is 0.396 e. The van der Waals surface area contributed by atoms with Crippen LogP contribution in [0.5, 0.6) is 0 Å². The van der Waals surface area contributed by atoms with E-state index in [-0.39, 0.29) is 6.61 Å². The summed E-state index contributed by atoms with van der Waals surface area (Å²) < 4.78 is 0. The SMILES string of the molecule is OCCC(CNCc1csc(-c2ccccc2)n1)c1ccccc1. The van der Waals surface area contributed by atoms with Crippen LogP contribution in [0.1, 0.15) is 23.6 Å². The Kier molecular flexibility index (Phi) is 6.13. The smallest absolute Gasteiger partial charge is 0.123 e. The molecule has 0 saturated heterocycles. The molecule has 1 heterocycles. The summed E-state index contributed by atoms with van der Waals surface area (Å²) in [4.78, 5) is 4.70. The maximum absolute atomic E-state index is 9.31. The van der Waals surface area contributed by atoms with Crippen LogP contribution >= 0.6 is 11.3 Å². The lowest BCUT2D eigenvalue weighted by Crippen LogP contribution is -2.22. The second-order valence-electron chi connectivity index (χ2n) is 5.76. The number of thiazole rings is 1. The molecule has 0 fully saturated rings. The van der Waals surface area contributed by atoms with Gasteiger partial charge in [-0.15, -0.1) is 11.3 Å². The standard InChI is InChI=1S/C20H22N2OS/c23-12-11-18(16-7-3-1-4-8-16)13-21-14-19-15-24-20(22-19)17-9-5-2-6-10-17/h1-10,15,18,21,23H,11-14H2. The molecule has 3 aromatic rings. The highest BCUT2D eigenvalue weighted by Crippen LogP contribution is 2.23. The van der Waals surface area contributed by atoms with E-state index in [4.69, 9.17) is 4.98 Å². The van der Waals surface area contributed by atoms with Crippen LogP contribution in [-0.4, -0.2) is 23.2 Å². The fourth-order valence-corrected chi connectivity index (χ4v) is 3.57. The molecule has 124 valence electrons. The van der Waals surface area contributed by atoms with E-state index in [1.807, 2.05) is 36.4 Å². The molecule has 1 aromatic heterocycles. The molecule has 0 aliphatic rings. The molecule has 2 N–H and O–H groups in total. The summed E-state index contributed by atoms with van der Waals surface area (Å²) in [6, 6.07) is 20.6. The lowest BCUT2D eigenvalue weighted by molar-refractivity contribution is 0.273. The van der Waals surface area contributed by atoms with Gasteiger partial charge in [0, 0.05) is 30.6 Å². The number of aromatic nitrogens is 1. The quantitative estimate of drug-likeness (QED) is 0.651. The Balaban J connectivity index is 1.56. The minimum Gasteiger partial charge on any atom is -0.396 e. The average Bonchev–Trinajstić information content (AvgIpc) is 3.11. The van der Waals surface area contributed by atoms with E-state index in [0.717, 1.165) is 35.8 Å². The van der Waals surface area contributed by atoms with E-state index in [9.17, 15) is 5.11 Å². The molecule has 3 nitrogen and oxygen atoms in total. The molecule has 0 radical (unpaired) electrons. The minimum absolute atomic E-state index is 0.204. The van der Waals surface area contributed by atoms with E-state index in [1.54, 1.807) is 11.3 Å². The Morgan fingerprint density at radius 3 is 2.42 bits per heavy atom. The van der Waals surface area contributed by atoms with E-state index in [2.05, 4.69) is 35.0 Å². The molecular weight excluding hydrogens is 316 g/mol. The fraction of sp³-hybridized carbons (Fsp3) is 0.250. The third-order valence-electron chi connectivity index (χ3n) is 4.02. The molecule has 0 amide bonds. The Bertz CT molecular complexity index is 728. The summed E-state index contributed by atoms with van der Waals surface area (Å²) in [6.07, 6.45) is 0.767. The molecule has 0 saturated carbocycles. The third-order valence-corrected chi connectivity index (χ3v) is 4.96. The molecule has 0 aliphatic heterocycles. The Morgan fingerprint density at radius 2 is 1.71 bits per heavy atom. The first-order valence-corrected chi connectivity index (χ1v) is 9.11. The minimum atomic E-state index is 0.204. The van der Waals surface area contributed by atoms with Crippen LogP contribution in [0, 0.1) is 0 Å². The van der Waals surface area contributed by atoms with Crippen molar-refractivity contribution >= 4 is 11.3 Å². The molecule has 0 aliphatic carbocycles. The van der Waals surface area contributed by atoms with E-state index in [1.165, 1.54) is 5.56 Å². The molecule has 1 atom stereocenters. The van der Waals surface area contributed by atoms with Gasteiger partial charge in [-0.2, -0.15) is 0 Å². The van der Waals surface area contributed by atoms with E-state index < -0.39 is 0 Å². The first kappa shape index (κ1) is 16.8. The van der Waals surface area contributed by atoms with Crippen molar-refractivity contribution in [2.75, 3.05) is 13.2 Å². The van der Waals surface area contributed by atoms with Gasteiger partial charge in [0.25, 0.3) is 0 Å². The highest BCUT2D eigenvalue weighted by molar-refractivity contribution is 7.13. The summed E-state index contributed by atoms with van der Waals surface area (Å²) in [5.41, 5.74) is 3.49. The van der Waals surface area contributed by atoms with Crippen LogP contribution < -0.4 is 5.32 Å². The van der Waals surface area contributed by atoms with Gasteiger partial charge >= 0.3 is 0 Å². The van der Waals surface area contributed by atoms with Gasteiger partial charge in [-0.05, 0) is 17.9 Å². The lowest BCUT2D eigenvalue weighted by atomic mass is 9.96. The molecule has 0 bridgehead atoms. The van der Waals surface area contributed by atoms with Crippen molar-refractivity contribution in [3.05, 3.63) is 77.3 Å². The molecule has 3 rings (SSSR count).